The number of Topliss-reactive ketones (excluding diaryl/α,β-unsaturated/α-hetero) is 1. The van der Waals surface area contributed by atoms with Crippen molar-refractivity contribution in [1.29, 1.82) is 0 Å². The molecule has 1 heterocycles. The van der Waals surface area contributed by atoms with Crippen molar-refractivity contribution in [3.8, 4) is 5.75 Å². The molecule has 29 heavy (non-hydrogen) atoms. The fourth-order valence-electron chi connectivity index (χ4n) is 3.57. The largest absolute Gasteiger partial charge is 0.491 e. The minimum Gasteiger partial charge on any atom is -0.491 e. The molecular weight excluding hydrogens is 380 g/mol. The van der Waals surface area contributed by atoms with Gasteiger partial charge in [-0.25, -0.2) is 0 Å². The van der Waals surface area contributed by atoms with Crippen molar-refractivity contribution in [2.75, 3.05) is 6.54 Å². The van der Waals surface area contributed by atoms with Crippen molar-refractivity contribution in [2.24, 2.45) is 0 Å². The van der Waals surface area contributed by atoms with Gasteiger partial charge in [-0.3, -0.25) is 4.79 Å². The van der Waals surface area contributed by atoms with E-state index in [0.29, 0.717) is 10.7 Å². The maximum Gasteiger partial charge on any atom is 0.193 e. The highest BCUT2D eigenvalue weighted by molar-refractivity contribution is 7.80. The summed E-state index contributed by atoms with van der Waals surface area (Å²) in [7, 11) is 0. The lowest BCUT2D eigenvalue weighted by molar-refractivity contribution is 0.102. The van der Waals surface area contributed by atoms with Gasteiger partial charge in [-0.15, -0.1) is 0 Å². The number of nitrogens with one attached hydrogen (secondary N) is 1. The Morgan fingerprint density at radius 3 is 2.38 bits per heavy atom. The molecule has 1 unspecified atom stereocenters. The molecule has 2 aromatic carbocycles. The van der Waals surface area contributed by atoms with Crippen LogP contribution < -0.4 is 10.1 Å². The fourth-order valence-corrected chi connectivity index (χ4v) is 3.92. The van der Waals surface area contributed by atoms with Gasteiger partial charge in [-0.1, -0.05) is 49.4 Å². The highest BCUT2D eigenvalue weighted by Crippen LogP contribution is 2.33. The first kappa shape index (κ1) is 21.1. The molecule has 0 spiro atoms. The normalized spacial score (nSPS) is 16.8. The number of ether oxygens (including phenoxy) is 1. The van der Waals surface area contributed by atoms with Crippen molar-refractivity contribution in [3.05, 3.63) is 77.0 Å². The van der Waals surface area contributed by atoms with Crippen LogP contribution in [0.3, 0.4) is 0 Å². The lowest BCUT2D eigenvalue weighted by Crippen LogP contribution is -2.47. The summed E-state index contributed by atoms with van der Waals surface area (Å²) in [6, 6.07) is 17.0. The van der Waals surface area contributed by atoms with E-state index >= 15 is 0 Å². The summed E-state index contributed by atoms with van der Waals surface area (Å²) in [4.78, 5) is 15.5. The van der Waals surface area contributed by atoms with Gasteiger partial charge in [-0.2, -0.15) is 0 Å². The van der Waals surface area contributed by atoms with Gasteiger partial charge in [0.05, 0.1) is 12.1 Å². The Morgan fingerprint density at radius 2 is 1.79 bits per heavy atom. The summed E-state index contributed by atoms with van der Waals surface area (Å²) in [6.45, 7) is 8.87. The molecule has 5 heteroatoms. The molecule has 0 fully saturated rings. The van der Waals surface area contributed by atoms with Crippen LogP contribution in [0.5, 0.6) is 5.75 Å². The lowest BCUT2D eigenvalue weighted by Gasteiger charge is -2.38. The van der Waals surface area contributed by atoms with E-state index in [-0.39, 0.29) is 17.9 Å². The van der Waals surface area contributed by atoms with E-state index in [4.69, 9.17) is 17.0 Å². The van der Waals surface area contributed by atoms with Crippen molar-refractivity contribution < 1.29 is 9.53 Å². The number of carbonyl (C=O) groups excluding carboxylic acids is 1. The molecule has 152 valence electrons. The maximum atomic E-state index is 13.5. The zero-order valence-corrected chi connectivity index (χ0v) is 18.3. The van der Waals surface area contributed by atoms with Crippen LogP contribution in [-0.2, 0) is 0 Å². The van der Waals surface area contributed by atoms with Gasteiger partial charge in [-0.05, 0) is 57.1 Å². The number of benzene rings is 2. The molecule has 0 aliphatic carbocycles. The Labute approximate surface area is 178 Å². The Bertz CT molecular complexity index is 904. The average Bonchev–Trinajstić information content (AvgIpc) is 2.71. The number of hydrogen-bond acceptors (Lipinski definition) is 3. The quantitative estimate of drug-likeness (QED) is 0.499. The third kappa shape index (κ3) is 4.67. The van der Waals surface area contributed by atoms with Gasteiger partial charge in [0.25, 0.3) is 0 Å². The standard InChI is InChI=1S/C24H28N2O2S/c1-5-15-26-17(4)21(23(27)19-9-7-6-8-10-19)22(25-24(26)29)18-11-13-20(14-12-18)28-16(2)3/h6-14,16,22H,5,15H2,1-4H3,(H,25,29). The summed E-state index contributed by atoms with van der Waals surface area (Å²) in [5, 5.41) is 4.05. The molecule has 0 amide bonds. The van der Waals surface area contributed by atoms with Crippen LogP contribution in [0.2, 0.25) is 0 Å². The van der Waals surface area contributed by atoms with Gasteiger partial charge >= 0.3 is 0 Å². The second kappa shape index (κ2) is 9.23. The SMILES string of the molecule is CCCN1C(=S)NC(c2ccc(OC(C)C)cc2)C(C(=O)c2ccccc2)=C1C. The molecule has 1 aliphatic heterocycles. The van der Waals surface area contributed by atoms with Crippen LogP contribution in [0, 0.1) is 0 Å². The topological polar surface area (TPSA) is 41.6 Å². The number of carbonyl (C=O) groups is 1. The summed E-state index contributed by atoms with van der Waals surface area (Å²) in [6.07, 6.45) is 1.05. The molecule has 0 aromatic heterocycles. The molecule has 4 nitrogen and oxygen atoms in total. The minimum atomic E-state index is -0.295. The zero-order valence-electron chi connectivity index (χ0n) is 17.4. The number of hydrogen-bond donors (Lipinski definition) is 1. The van der Waals surface area contributed by atoms with Crippen molar-refractivity contribution in [1.82, 2.24) is 10.2 Å². The summed E-state index contributed by atoms with van der Waals surface area (Å²) < 4.78 is 5.76. The van der Waals surface area contributed by atoms with Crippen LogP contribution >= 0.6 is 12.2 Å². The van der Waals surface area contributed by atoms with Gasteiger partial charge < -0.3 is 15.0 Å². The van der Waals surface area contributed by atoms with Crippen LogP contribution in [0.4, 0.5) is 0 Å². The number of ketones is 1. The molecule has 1 N–H and O–H groups in total. The third-order valence-electron chi connectivity index (χ3n) is 4.91. The molecule has 1 atom stereocenters. The smallest absolute Gasteiger partial charge is 0.193 e. The Balaban J connectivity index is 2.04. The summed E-state index contributed by atoms with van der Waals surface area (Å²) in [5.41, 5.74) is 3.31. The minimum absolute atomic E-state index is 0.0201. The van der Waals surface area contributed by atoms with Crippen LogP contribution in [0.15, 0.2) is 65.9 Å². The van der Waals surface area contributed by atoms with E-state index < -0.39 is 0 Å². The lowest BCUT2D eigenvalue weighted by atomic mass is 9.89. The first-order chi connectivity index (χ1) is 13.9. The fraction of sp³-hybridized carbons (Fsp3) is 0.333. The molecule has 1 aliphatic rings. The van der Waals surface area contributed by atoms with Crippen LogP contribution in [0.25, 0.3) is 0 Å². The maximum absolute atomic E-state index is 13.5. The molecule has 3 rings (SSSR count). The highest BCUT2D eigenvalue weighted by atomic mass is 32.1. The molecule has 0 saturated carbocycles. The zero-order chi connectivity index (χ0) is 21.0. The van der Waals surface area contributed by atoms with Crippen molar-refractivity contribution in [3.63, 3.8) is 0 Å². The van der Waals surface area contributed by atoms with E-state index in [0.717, 1.165) is 35.5 Å². The average molecular weight is 409 g/mol. The highest BCUT2D eigenvalue weighted by Gasteiger charge is 2.33. The summed E-state index contributed by atoms with van der Waals surface area (Å²) >= 11 is 5.63. The van der Waals surface area contributed by atoms with Crippen LogP contribution in [0.1, 0.15) is 56.1 Å². The predicted octanol–water partition coefficient (Wildman–Crippen LogP) is 5.27. The number of allylic oxidation sites excluding steroid dienone is 1. The molecule has 0 bridgehead atoms. The third-order valence-corrected chi connectivity index (χ3v) is 5.25. The van der Waals surface area contributed by atoms with Crippen molar-refractivity contribution in [2.45, 2.75) is 46.3 Å². The van der Waals surface area contributed by atoms with Gasteiger partial charge in [0, 0.05) is 23.4 Å². The Hall–Kier alpha value is -2.66. The second-order valence-electron chi connectivity index (χ2n) is 7.46. The van der Waals surface area contributed by atoms with Gasteiger partial charge in [0.2, 0.25) is 0 Å². The number of thiocarbonyl (C=S) groups is 1. The van der Waals surface area contributed by atoms with E-state index in [9.17, 15) is 4.79 Å². The van der Waals surface area contributed by atoms with E-state index in [1.165, 1.54) is 0 Å². The Kier molecular flexibility index (Phi) is 6.70. The monoisotopic (exact) mass is 408 g/mol. The van der Waals surface area contributed by atoms with Crippen LogP contribution in [-0.4, -0.2) is 28.4 Å². The second-order valence-corrected chi connectivity index (χ2v) is 7.85. The predicted molar refractivity (Wildman–Crippen MR) is 121 cm³/mol. The first-order valence-electron chi connectivity index (χ1n) is 10.1. The van der Waals surface area contributed by atoms with E-state index in [1.54, 1.807) is 0 Å². The molecule has 0 radical (unpaired) electrons. The summed E-state index contributed by atoms with van der Waals surface area (Å²) in [5.74, 6) is 0.832. The Morgan fingerprint density at radius 1 is 1.14 bits per heavy atom. The van der Waals surface area contributed by atoms with E-state index in [1.807, 2.05) is 80.3 Å². The number of nitrogens with zero attached hydrogens (tertiary/aromatic N) is 1. The molecule has 2 aromatic rings. The van der Waals surface area contributed by atoms with E-state index in [2.05, 4.69) is 12.2 Å². The molecular formula is C24H28N2O2S. The first-order valence-corrected chi connectivity index (χ1v) is 10.5. The number of rotatable bonds is 7. The van der Waals surface area contributed by atoms with Crippen molar-refractivity contribution >= 4 is 23.1 Å². The van der Waals surface area contributed by atoms with Gasteiger partial charge in [0.1, 0.15) is 5.75 Å². The molecule has 0 saturated heterocycles. The van der Waals surface area contributed by atoms with Gasteiger partial charge in [0.15, 0.2) is 10.9 Å².